The molecule has 3 aromatic rings. The Hall–Kier alpha value is -2.75. The molecule has 0 saturated heterocycles. The van der Waals surface area contributed by atoms with E-state index in [4.69, 9.17) is 16.3 Å². The minimum atomic E-state index is -1.23. The van der Waals surface area contributed by atoms with Crippen LogP contribution in [-0.2, 0) is 14.3 Å². The average molecular weight is 463 g/mol. The Morgan fingerprint density at radius 1 is 0.938 bits per heavy atom. The number of nitrogens with one attached hydrogen (secondary N) is 2. The number of hydrogen-bond donors (Lipinski definition) is 3. The molecule has 2 aromatic carbocycles. The van der Waals surface area contributed by atoms with E-state index in [2.05, 4.69) is 15.6 Å². The summed E-state index contributed by atoms with van der Waals surface area (Å²) < 4.78 is 5.13. The molecule has 0 atom stereocenters. The van der Waals surface area contributed by atoms with Crippen molar-refractivity contribution in [3.8, 4) is 11.1 Å². The summed E-state index contributed by atoms with van der Waals surface area (Å²) in [5.74, 6) is -2.27. The number of carbonyl (C=O) groups is 3. The fraction of sp³-hybridized carbons (Fsp3) is 0.0909. The van der Waals surface area contributed by atoms with Gasteiger partial charge in [-0.15, -0.1) is 0 Å². The van der Waals surface area contributed by atoms with Gasteiger partial charge in [-0.05, 0) is 42.0 Å². The van der Waals surface area contributed by atoms with E-state index in [-0.39, 0.29) is 52.4 Å². The predicted molar refractivity (Wildman–Crippen MR) is 122 cm³/mol. The van der Waals surface area contributed by atoms with Crippen molar-refractivity contribution < 1.29 is 24.2 Å². The monoisotopic (exact) mass is 462 g/mol. The Morgan fingerprint density at radius 3 is 2.34 bits per heavy atom. The number of nitrogens with zero attached hydrogens (tertiary/aromatic N) is 1. The number of benzene rings is 2. The number of anilines is 2. The molecule has 1 aromatic heterocycles. The number of hydrogen-bond acceptors (Lipinski definition) is 5. The smallest absolute Gasteiger partial charge is 0.337 e. The molecule has 10 heteroatoms. The van der Waals surface area contributed by atoms with Gasteiger partial charge in [-0.25, -0.2) is 4.79 Å². The molecule has 0 bridgehead atoms. The van der Waals surface area contributed by atoms with Crippen molar-refractivity contribution >= 4 is 70.3 Å². The van der Waals surface area contributed by atoms with E-state index in [0.29, 0.717) is 5.69 Å². The molecule has 0 fully saturated rings. The first-order valence-electron chi connectivity index (χ1n) is 9.13. The van der Waals surface area contributed by atoms with Crippen LogP contribution in [0.25, 0.3) is 11.1 Å². The second kappa shape index (κ2) is 12.3. The Balaban J connectivity index is 0.00000363. The van der Waals surface area contributed by atoms with Crippen molar-refractivity contribution in [3.05, 3.63) is 77.6 Å². The van der Waals surface area contributed by atoms with Gasteiger partial charge < -0.3 is 20.5 Å². The van der Waals surface area contributed by atoms with Crippen LogP contribution < -0.4 is 10.6 Å². The van der Waals surface area contributed by atoms with E-state index >= 15 is 0 Å². The maximum Gasteiger partial charge on any atom is 0.337 e. The van der Waals surface area contributed by atoms with Crippen LogP contribution in [0.5, 0.6) is 0 Å². The van der Waals surface area contributed by atoms with Gasteiger partial charge in [0.05, 0.1) is 11.3 Å². The quantitative estimate of drug-likeness (QED) is 0.442. The van der Waals surface area contributed by atoms with E-state index < -0.39 is 24.4 Å². The molecule has 159 valence electrons. The fourth-order valence-electron chi connectivity index (χ4n) is 2.73. The van der Waals surface area contributed by atoms with Gasteiger partial charge in [-0.1, -0.05) is 29.8 Å². The van der Waals surface area contributed by atoms with Crippen molar-refractivity contribution in [2.75, 3.05) is 23.8 Å². The molecular formula is C22H18ClN3NaO5. The number of ether oxygens (including phenoxy) is 1. The van der Waals surface area contributed by atoms with Crippen molar-refractivity contribution in [3.63, 3.8) is 0 Å². The Labute approximate surface area is 211 Å². The molecule has 0 aliphatic rings. The first-order chi connectivity index (χ1) is 14.9. The number of halogens is 1. The summed E-state index contributed by atoms with van der Waals surface area (Å²) in [4.78, 5) is 39.4. The topological polar surface area (TPSA) is 118 Å². The van der Waals surface area contributed by atoms with Crippen LogP contribution in [0, 0.1) is 0 Å². The largest absolute Gasteiger partial charge is 0.478 e. The molecule has 0 aliphatic carbocycles. The Kier molecular flexibility index (Phi) is 9.83. The van der Waals surface area contributed by atoms with Gasteiger partial charge in [-0.2, -0.15) is 0 Å². The number of carboxylic acids is 1. The second-order valence-corrected chi connectivity index (χ2v) is 6.84. The number of aromatic carboxylic acids is 1. The van der Waals surface area contributed by atoms with Crippen LogP contribution in [0.15, 0.2) is 67.0 Å². The van der Waals surface area contributed by atoms with Crippen LogP contribution in [0.2, 0.25) is 5.02 Å². The van der Waals surface area contributed by atoms with Gasteiger partial charge >= 0.3 is 5.97 Å². The maximum absolute atomic E-state index is 12.1. The Morgan fingerprint density at radius 2 is 1.66 bits per heavy atom. The summed E-state index contributed by atoms with van der Waals surface area (Å²) in [6, 6.07) is 15.0. The van der Waals surface area contributed by atoms with Crippen LogP contribution in [-0.4, -0.2) is 70.6 Å². The first kappa shape index (κ1) is 25.5. The fourth-order valence-corrected chi connectivity index (χ4v) is 2.90. The molecule has 32 heavy (non-hydrogen) atoms. The van der Waals surface area contributed by atoms with E-state index in [1.54, 1.807) is 30.6 Å². The predicted octanol–water partition coefficient (Wildman–Crippen LogP) is 3.31. The number of aromatic nitrogens is 1. The number of rotatable bonds is 8. The Bertz CT molecular complexity index is 1110. The number of carbonyl (C=O) groups excluding carboxylic acids is 2. The molecule has 0 aliphatic heterocycles. The van der Waals surface area contributed by atoms with Crippen molar-refractivity contribution in [2.45, 2.75) is 0 Å². The van der Waals surface area contributed by atoms with Crippen LogP contribution in [0.1, 0.15) is 10.4 Å². The van der Waals surface area contributed by atoms with Crippen LogP contribution in [0.4, 0.5) is 11.4 Å². The van der Waals surface area contributed by atoms with Crippen LogP contribution >= 0.6 is 11.6 Å². The zero-order chi connectivity index (χ0) is 22.2. The zero-order valence-corrected chi connectivity index (χ0v) is 19.9. The zero-order valence-electron chi connectivity index (χ0n) is 17.2. The molecular weight excluding hydrogens is 445 g/mol. The maximum atomic E-state index is 12.1. The summed E-state index contributed by atoms with van der Waals surface area (Å²) in [5, 5.41) is 14.5. The van der Waals surface area contributed by atoms with E-state index in [9.17, 15) is 19.5 Å². The summed E-state index contributed by atoms with van der Waals surface area (Å²) >= 11 is 5.78. The molecule has 1 radical (unpaired) electrons. The molecule has 1 heterocycles. The SMILES string of the molecule is O=C(COCC(=O)Nc1ccc(Cl)cc1C(=O)O)Nc1cccc(-c2cccnc2)c1.[Na]. The molecule has 3 N–H and O–H groups in total. The average Bonchev–Trinajstić information content (AvgIpc) is 2.75. The van der Waals surface area contributed by atoms with Crippen molar-refractivity contribution in [1.29, 1.82) is 0 Å². The summed E-state index contributed by atoms with van der Waals surface area (Å²) in [5.41, 5.74) is 2.32. The van der Waals surface area contributed by atoms with Gasteiger partial charge in [0.15, 0.2) is 0 Å². The third kappa shape index (κ3) is 7.44. The van der Waals surface area contributed by atoms with Gasteiger partial charge in [0.1, 0.15) is 13.2 Å². The third-order valence-corrected chi connectivity index (χ3v) is 4.33. The molecule has 0 unspecified atom stereocenters. The van der Waals surface area contributed by atoms with E-state index in [1.807, 2.05) is 18.2 Å². The number of pyridine rings is 1. The van der Waals surface area contributed by atoms with Gasteiger partial charge in [0.2, 0.25) is 11.8 Å². The van der Waals surface area contributed by atoms with Gasteiger partial charge in [0, 0.05) is 58.2 Å². The molecule has 3 rings (SSSR count). The first-order valence-corrected chi connectivity index (χ1v) is 9.51. The number of amides is 2. The van der Waals surface area contributed by atoms with E-state index in [1.165, 1.54) is 18.2 Å². The normalized spacial score (nSPS) is 10.0. The summed E-state index contributed by atoms with van der Waals surface area (Å²) in [6.45, 7) is -0.776. The van der Waals surface area contributed by atoms with Gasteiger partial charge in [0.25, 0.3) is 0 Å². The molecule has 8 nitrogen and oxygen atoms in total. The second-order valence-electron chi connectivity index (χ2n) is 6.41. The minimum Gasteiger partial charge on any atom is -0.478 e. The van der Waals surface area contributed by atoms with Gasteiger partial charge in [-0.3, -0.25) is 14.6 Å². The van der Waals surface area contributed by atoms with Crippen molar-refractivity contribution in [1.82, 2.24) is 4.98 Å². The molecule has 0 spiro atoms. The molecule has 2 amide bonds. The number of carboxylic acid groups (broad SMARTS) is 1. The minimum absolute atomic E-state index is 0. The van der Waals surface area contributed by atoms with Crippen LogP contribution in [0.3, 0.4) is 0 Å². The molecule has 0 saturated carbocycles. The van der Waals surface area contributed by atoms with E-state index in [0.717, 1.165) is 11.1 Å². The third-order valence-electron chi connectivity index (χ3n) is 4.09. The standard InChI is InChI=1S/C22H18ClN3O5.Na/c23-16-6-7-19(18(10-16)22(29)30)26-21(28)13-31-12-20(27)25-17-5-1-3-14(9-17)15-4-2-8-24-11-15;/h1-11H,12-13H2,(H,25,27)(H,26,28)(H,29,30);. The van der Waals surface area contributed by atoms with Crippen molar-refractivity contribution in [2.24, 2.45) is 0 Å². The summed E-state index contributed by atoms with van der Waals surface area (Å²) in [7, 11) is 0. The summed E-state index contributed by atoms with van der Waals surface area (Å²) in [6.07, 6.45) is 3.40.